The fourth-order valence-corrected chi connectivity index (χ4v) is 3.00. The maximum atomic E-state index is 12.2. The summed E-state index contributed by atoms with van der Waals surface area (Å²) >= 11 is 0. The molecule has 0 aromatic carbocycles. The molecule has 1 atom stereocenters. The van der Waals surface area contributed by atoms with Crippen LogP contribution in [0.5, 0.6) is 0 Å². The van der Waals surface area contributed by atoms with E-state index in [0.29, 0.717) is 6.61 Å². The van der Waals surface area contributed by atoms with Crippen LogP contribution in [0, 0.1) is 0 Å². The Morgan fingerprint density at radius 2 is 2.09 bits per heavy atom. The Balaban J connectivity index is 1.53. The van der Waals surface area contributed by atoms with Gasteiger partial charge in [-0.1, -0.05) is 6.07 Å². The van der Waals surface area contributed by atoms with Gasteiger partial charge in [0, 0.05) is 51.7 Å². The lowest BCUT2D eigenvalue weighted by Gasteiger charge is -2.35. The number of amides is 1. The van der Waals surface area contributed by atoms with E-state index in [1.54, 1.807) is 0 Å². The minimum Gasteiger partial charge on any atom is -0.369 e. The minimum atomic E-state index is -0.343. The van der Waals surface area contributed by atoms with Crippen LogP contribution in [-0.4, -0.2) is 64.0 Å². The second-order valence-corrected chi connectivity index (χ2v) is 5.90. The number of hydrogen-bond donors (Lipinski definition) is 0. The average molecular weight is 316 g/mol. The van der Waals surface area contributed by atoms with Gasteiger partial charge in [0.25, 0.3) is 5.91 Å². The number of rotatable bonds is 5. The molecule has 1 amide bonds. The molecule has 1 aliphatic rings. The van der Waals surface area contributed by atoms with E-state index in [9.17, 15) is 4.79 Å². The summed E-state index contributed by atoms with van der Waals surface area (Å²) in [7, 11) is 0. The van der Waals surface area contributed by atoms with Crippen molar-refractivity contribution in [3.63, 3.8) is 0 Å². The Labute approximate surface area is 136 Å². The van der Waals surface area contributed by atoms with Crippen molar-refractivity contribution in [1.29, 1.82) is 0 Å². The van der Waals surface area contributed by atoms with E-state index in [4.69, 9.17) is 4.74 Å². The molecule has 23 heavy (non-hydrogen) atoms. The second-order valence-electron chi connectivity index (χ2n) is 5.90. The largest absolute Gasteiger partial charge is 0.369 e. The van der Waals surface area contributed by atoms with Gasteiger partial charge in [-0.2, -0.15) is 0 Å². The summed E-state index contributed by atoms with van der Waals surface area (Å²) in [6, 6.07) is 6.01. The molecule has 2 aromatic rings. The topological polar surface area (TPSA) is 50.1 Å². The number of nitrogens with zero attached hydrogens (tertiary/aromatic N) is 4. The predicted octanol–water partition coefficient (Wildman–Crippen LogP) is 1.40. The zero-order chi connectivity index (χ0) is 16.2. The molecule has 1 fully saturated rings. The maximum absolute atomic E-state index is 12.2. The highest BCUT2D eigenvalue weighted by atomic mass is 16.5. The van der Waals surface area contributed by atoms with Crippen molar-refractivity contribution in [2.45, 2.75) is 26.5 Å². The van der Waals surface area contributed by atoms with Gasteiger partial charge in [-0.3, -0.25) is 9.69 Å². The van der Waals surface area contributed by atoms with Crippen molar-refractivity contribution in [3.8, 4) is 0 Å². The molecule has 0 spiro atoms. The van der Waals surface area contributed by atoms with Crippen LogP contribution in [0.15, 0.2) is 30.6 Å². The molecule has 6 heteroatoms. The Hall–Kier alpha value is -1.92. The fraction of sp³-hybridized carbons (Fsp3) is 0.529. The number of ether oxygens (including phenoxy) is 1. The molecular formula is C17H24N4O2. The smallest absolute Gasteiger partial charge is 0.251 e. The summed E-state index contributed by atoms with van der Waals surface area (Å²) in [5.41, 5.74) is 2.04. The molecule has 1 aliphatic heterocycles. The number of fused-ring (bicyclic) bond motifs is 1. The Kier molecular flexibility index (Phi) is 4.93. The molecule has 3 heterocycles. The molecule has 1 saturated heterocycles. The maximum Gasteiger partial charge on any atom is 0.251 e. The van der Waals surface area contributed by atoms with Gasteiger partial charge in [-0.05, 0) is 26.0 Å². The minimum absolute atomic E-state index is 0.0965. The molecule has 0 N–H and O–H groups in total. The first-order chi connectivity index (χ1) is 11.2. The quantitative estimate of drug-likeness (QED) is 0.837. The number of carbonyl (C=O) groups excluding carboxylic acids is 1. The van der Waals surface area contributed by atoms with Crippen LogP contribution in [-0.2, 0) is 16.1 Å². The standard InChI is InChI=1S/C17H24N4O2/c1-3-23-14(2)17(22)20-10-8-19(9-11-20)12-15-13-21-7-5-4-6-16(21)18-15/h4-7,13-14H,3,8-12H2,1-2H3/t14-/m1/s1. The van der Waals surface area contributed by atoms with Gasteiger partial charge >= 0.3 is 0 Å². The van der Waals surface area contributed by atoms with Crippen LogP contribution in [0.4, 0.5) is 0 Å². The van der Waals surface area contributed by atoms with E-state index >= 15 is 0 Å². The molecule has 3 rings (SSSR count). The van der Waals surface area contributed by atoms with Crippen LogP contribution in [0.1, 0.15) is 19.5 Å². The van der Waals surface area contributed by atoms with Crippen molar-refractivity contribution >= 4 is 11.6 Å². The van der Waals surface area contributed by atoms with Crippen molar-refractivity contribution < 1.29 is 9.53 Å². The Bertz CT molecular complexity index is 628. The van der Waals surface area contributed by atoms with E-state index in [2.05, 4.69) is 16.1 Å². The zero-order valence-corrected chi connectivity index (χ0v) is 13.8. The van der Waals surface area contributed by atoms with Gasteiger partial charge in [0.05, 0.1) is 5.69 Å². The molecule has 0 bridgehead atoms. The highest BCUT2D eigenvalue weighted by molar-refractivity contribution is 5.80. The van der Waals surface area contributed by atoms with E-state index in [-0.39, 0.29) is 12.0 Å². The van der Waals surface area contributed by atoms with Crippen LogP contribution >= 0.6 is 0 Å². The van der Waals surface area contributed by atoms with Crippen molar-refractivity contribution in [2.24, 2.45) is 0 Å². The monoisotopic (exact) mass is 316 g/mol. The number of pyridine rings is 1. The first-order valence-corrected chi connectivity index (χ1v) is 8.22. The first kappa shape index (κ1) is 16.0. The Morgan fingerprint density at radius 1 is 1.30 bits per heavy atom. The molecule has 0 radical (unpaired) electrons. The average Bonchev–Trinajstić information content (AvgIpc) is 2.97. The molecule has 0 unspecified atom stereocenters. The second kappa shape index (κ2) is 7.10. The Morgan fingerprint density at radius 3 is 2.78 bits per heavy atom. The van der Waals surface area contributed by atoms with Crippen LogP contribution < -0.4 is 0 Å². The fourth-order valence-electron chi connectivity index (χ4n) is 3.00. The SMILES string of the molecule is CCO[C@H](C)C(=O)N1CCN(Cc2cn3ccccc3n2)CC1. The number of piperazine rings is 1. The van der Waals surface area contributed by atoms with Crippen molar-refractivity contribution in [2.75, 3.05) is 32.8 Å². The lowest BCUT2D eigenvalue weighted by Crippen LogP contribution is -2.51. The van der Waals surface area contributed by atoms with Crippen LogP contribution in [0.25, 0.3) is 5.65 Å². The first-order valence-electron chi connectivity index (χ1n) is 8.22. The van der Waals surface area contributed by atoms with Crippen molar-refractivity contribution in [1.82, 2.24) is 19.2 Å². The molecule has 2 aromatic heterocycles. The summed E-state index contributed by atoms with van der Waals surface area (Å²) < 4.78 is 7.44. The van der Waals surface area contributed by atoms with Crippen LogP contribution in [0.3, 0.4) is 0 Å². The number of hydrogen-bond acceptors (Lipinski definition) is 4. The number of imidazole rings is 1. The van der Waals surface area contributed by atoms with Crippen LogP contribution in [0.2, 0.25) is 0 Å². The third kappa shape index (κ3) is 3.71. The summed E-state index contributed by atoms with van der Waals surface area (Å²) in [6.45, 7) is 8.39. The molecule has 0 aliphatic carbocycles. The highest BCUT2D eigenvalue weighted by Crippen LogP contribution is 2.11. The third-order valence-electron chi connectivity index (χ3n) is 4.25. The van der Waals surface area contributed by atoms with E-state index in [1.807, 2.05) is 47.5 Å². The van der Waals surface area contributed by atoms with E-state index in [1.165, 1.54) is 0 Å². The highest BCUT2D eigenvalue weighted by Gasteiger charge is 2.25. The zero-order valence-electron chi connectivity index (χ0n) is 13.8. The van der Waals surface area contributed by atoms with Gasteiger partial charge in [0.15, 0.2) is 0 Å². The lowest BCUT2D eigenvalue weighted by molar-refractivity contribution is -0.144. The normalized spacial score (nSPS) is 17.6. The molecular weight excluding hydrogens is 292 g/mol. The number of aromatic nitrogens is 2. The van der Waals surface area contributed by atoms with Gasteiger partial charge < -0.3 is 14.0 Å². The summed E-state index contributed by atoms with van der Waals surface area (Å²) in [5.74, 6) is 0.0965. The lowest BCUT2D eigenvalue weighted by atomic mass is 10.2. The summed E-state index contributed by atoms with van der Waals surface area (Å²) in [6.07, 6.45) is 3.74. The van der Waals surface area contributed by atoms with E-state index in [0.717, 1.165) is 44.1 Å². The molecule has 6 nitrogen and oxygen atoms in total. The number of carbonyl (C=O) groups is 1. The summed E-state index contributed by atoms with van der Waals surface area (Å²) in [5, 5.41) is 0. The predicted molar refractivity (Wildman–Crippen MR) is 88.1 cm³/mol. The van der Waals surface area contributed by atoms with Gasteiger partial charge in [-0.25, -0.2) is 4.98 Å². The van der Waals surface area contributed by atoms with Gasteiger partial charge in [0.1, 0.15) is 11.8 Å². The molecule has 124 valence electrons. The summed E-state index contributed by atoms with van der Waals surface area (Å²) in [4.78, 5) is 21.1. The van der Waals surface area contributed by atoms with Crippen molar-refractivity contribution in [3.05, 3.63) is 36.3 Å². The van der Waals surface area contributed by atoms with E-state index < -0.39 is 0 Å². The van der Waals surface area contributed by atoms with Gasteiger partial charge in [-0.15, -0.1) is 0 Å². The third-order valence-corrected chi connectivity index (χ3v) is 4.25. The van der Waals surface area contributed by atoms with Gasteiger partial charge in [0.2, 0.25) is 0 Å². The molecule has 0 saturated carbocycles.